The van der Waals surface area contributed by atoms with Gasteiger partial charge in [-0.3, -0.25) is 4.79 Å². The number of nitrogens with one attached hydrogen (secondary N) is 1. The highest BCUT2D eigenvalue weighted by molar-refractivity contribution is 9.10. The number of aryl methyl sites for hydroxylation is 1. The van der Waals surface area contributed by atoms with E-state index in [1.807, 2.05) is 39.8 Å². The number of esters is 1. The van der Waals surface area contributed by atoms with Crippen LogP contribution in [-0.2, 0) is 4.79 Å². The second-order valence-corrected chi connectivity index (χ2v) is 8.81. The summed E-state index contributed by atoms with van der Waals surface area (Å²) in [4.78, 5) is 36.7. The van der Waals surface area contributed by atoms with Crippen LogP contribution in [0, 0.1) is 6.92 Å². The quantitative estimate of drug-likeness (QED) is 0.254. The Kier molecular flexibility index (Phi) is 7.92. The molecular weight excluding hydrogens is 490 g/mol. The molecule has 0 atom stereocenters. The van der Waals surface area contributed by atoms with Gasteiger partial charge < -0.3 is 19.2 Å². The molecule has 174 valence electrons. The molecule has 1 aromatic heterocycles. The summed E-state index contributed by atoms with van der Waals surface area (Å²) < 4.78 is 17.3. The summed E-state index contributed by atoms with van der Waals surface area (Å²) in [7, 11) is 0. The molecule has 3 rings (SSSR count). The first-order chi connectivity index (χ1) is 15.7. The Balaban J connectivity index is 1.72. The van der Waals surface area contributed by atoms with Crippen molar-refractivity contribution in [1.29, 1.82) is 0 Å². The van der Waals surface area contributed by atoms with Gasteiger partial charge >= 0.3 is 11.6 Å². The summed E-state index contributed by atoms with van der Waals surface area (Å²) in [5, 5.41) is 3.19. The van der Waals surface area contributed by atoms with E-state index in [9.17, 15) is 14.4 Å². The van der Waals surface area contributed by atoms with Gasteiger partial charge in [0.1, 0.15) is 22.6 Å². The van der Waals surface area contributed by atoms with E-state index < -0.39 is 17.5 Å². The van der Waals surface area contributed by atoms with Crippen molar-refractivity contribution in [1.82, 2.24) is 5.32 Å². The third kappa shape index (κ3) is 6.01. The molecule has 1 N–H and O–H groups in total. The van der Waals surface area contributed by atoms with E-state index in [1.54, 1.807) is 12.1 Å². The van der Waals surface area contributed by atoms with Gasteiger partial charge in [0, 0.05) is 22.5 Å². The van der Waals surface area contributed by atoms with Crippen LogP contribution >= 0.6 is 15.9 Å². The van der Waals surface area contributed by atoms with Crippen molar-refractivity contribution < 1.29 is 23.5 Å². The van der Waals surface area contributed by atoms with Crippen LogP contribution in [-0.4, -0.2) is 25.0 Å². The fraction of sp³-hybridized carbons (Fsp3) is 0.320. The highest BCUT2D eigenvalue weighted by atomic mass is 79.9. The fourth-order valence-electron chi connectivity index (χ4n) is 3.19. The van der Waals surface area contributed by atoms with Gasteiger partial charge in [0.25, 0.3) is 5.91 Å². The Morgan fingerprint density at radius 2 is 1.91 bits per heavy atom. The molecule has 0 aliphatic rings. The zero-order chi connectivity index (χ0) is 24.1. The van der Waals surface area contributed by atoms with Crippen LogP contribution in [0.4, 0.5) is 0 Å². The second kappa shape index (κ2) is 10.7. The van der Waals surface area contributed by atoms with Gasteiger partial charge in [-0.05, 0) is 60.7 Å². The smallest absolute Gasteiger partial charge is 0.349 e. The van der Waals surface area contributed by atoms with E-state index in [2.05, 4.69) is 21.2 Å². The number of benzene rings is 2. The van der Waals surface area contributed by atoms with Crippen molar-refractivity contribution >= 4 is 38.8 Å². The molecule has 8 heteroatoms. The fourth-order valence-corrected chi connectivity index (χ4v) is 3.55. The lowest BCUT2D eigenvalue weighted by molar-refractivity contribution is -0.136. The van der Waals surface area contributed by atoms with Crippen LogP contribution in [0.5, 0.6) is 11.5 Å². The molecule has 1 heterocycles. The van der Waals surface area contributed by atoms with E-state index >= 15 is 0 Å². The standard InChI is InChI=1S/C25H26BrNO6/c1-5-8-27-24(29)19-10-16-6-7-17(11-21(16)33-25(19)30)32-23(28)13-31-22-9-15(4)20(26)12-18(22)14(2)3/h6-7,9-12,14H,5,8,13H2,1-4H3,(H,27,29). The lowest BCUT2D eigenvalue weighted by Gasteiger charge is -2.15. The molecule has 33 heavy (non-hydrogen) atoms. The number of carbonyl (C=O) groups excluding carboxylic acids is 2. The minimum atomic E-state index is -0.755. The molecule has 7 nitrogen and oxygen atoms in total. The third-order valence-corrected chi connectivity index (χ3v) is 5.83. The van der Waals surface area contributed by atoms with Gasteiger partial charge in [-0.1, -0.05) is 36.7 Å². The Labute approximate surface area is 200 Å². The van der Waals surface area contributed by atoms with E-state index in [0.29, 0.717) is 17.7 Å². The van der Waals surface area contributed by atoms with Gasteiger partial charge in [-0.25, -0.2) is 9.59 Å². The first kappa shape index (κ1) is 24.5. The maximum atomic E-state index is 12.4. The van der Waals surface area contributed by atoms with Gasteiger partial charge in [-0.2, -0.15) is 0 Å². The van der Waals surface area contributed by atoms with Gasteiger partial charge in [0.2, 0.25) is 0 Å². The van der Waals surface area contributed by atoms with Crippen molar-refractivity contribution in [2.75, 3.05) is 13.2 Å². The van der Waals surface area contributed by atoms with Crippen LogP contribution < -0.4 is 20.4 Å². The maximum absolute atomic E-state index is 12.4. The second-order valence-electron chi connectivity index (χ2n) is 7.96. The molecule has 3 aromatic rings. The largest absolute Gasteiger partial charge is 0.482 e. The van der Waals surface area contributed by atoms with Crippen molar-refractivity contribution in [3.05, 3.63) is 68.0 Å². The Morgan fingerprint density at radius 3 is 2.61 bits per heavy atom. The molecule has 0 bridgehead atoms. The van der Waals surface area contributed by atoms with Crippen LogP contribution in [0.3, 0.4) is 0 Å². The summed E-state index contributed by atoms with van der Waals surface area (Å²) >= 11 is 3.52. The molecule has 0 saturated heterocycles. The molecule has 0 aliphatic heterocycles. The lowest BCUT2D eigenvalue weighted by Crippen LogP contribution is -2.28. The number of rotatable bonds is 8. The van der Waals surface area contributed by atoms with Crippen LogP contribution in [0.15, 0.2) is 50.1 Å². The van der Waals surface area contributed by atoms with Crippen molar-refractivity contribution in [3.63, 3.8) is 0 Å². The number of carbonyl (C=O) groups is 2. The van der Waals surface area contributed by atoms with Crippen LogP contribution in [0.1, 0.15) is 54.6 Å². The third-order valence-electron chi connectivity index (χ3n) is 4.98. The molecule has 0 saturated carbocycles. The lowest BCUT2D eigenvalue weighted by atomic mass is 10.0. The molecule has 0 spiro atoms. The molecule has 2 aromatic carbocycles. The highest BCUT2D eigenvalue weighted by Crippen LogP contribution is 2.32. The molecular formula is C25H26BrNO6. The van der Waals surface area contributed by atoms with E-state index in [0.717, 1.165) is 22.0 Å². The normalized spacial score (nSPS) is 11.0. The number of ether oxygens (including phenoxy) is 2. The predicted octanol–water partition coefficient (Wildman–Crippen LogP) is 5.11. The first-order valence-electron chi connectivity index (χ1n) is 10.7. The summed E-state index contributed by atoms with van der Waals surface area (Å²) in [5.74, 6) is -0.0311. The summed E-state index contributed by atoms with van der Waals surface area (Å²) in [6.07, 6.45) is 0.753. The predicted molar refractivity (Wildman–Crippen MR) is 129 cm³/mol. The molecule has 1 amide bonds. The SMILES string of the molecule is CCCNC(=O)c1cc2ccc(OC(=O)COc3cc(C)c(Br)cc3C(C)C)cc2oc1=O. The first-order valence-corrected chi connectivity index (χ1v) is 11.5. The monoisotopic (exact) mass is 515 g/mol. The number of halogens is 1. The maximum Gasteiger partial charge on any atom is 0.349 e. The summed E-state index contributed by atoms with van der Waals surface area (Å²) in [6, 6.07) is 9.95. The van der Waals surface area contributed by atoms with Gasteiger partial charge in [0.15, 0.2) is 6.61 Å². The number of hydrogen-bond donors (Lipinski definition) is 1. The summed E-state index contributed by atoms with van der Waals surface area (Å²) in [5.41, 5.74) is 1.36. The van der Waals surface area contributed by atoms with Crippen molar-refractivity contribution in [2.24, 2.45) is 0 Å². The minimum Gasteiger partial charge on any atom is -0.482 e. The average Bonchev–Trinajstić information content (AvgIpc) is 2.77. The van der Waals surface area contributed by atoms with Gasteiger partial charge in [0.05, 0.1) is 0 Å². The van der Waals surface area contributed by atoms with Crippen LogP contribution in [0.2, 0.25) is 0 Å². The molecule has 0 aliphatic carbocycles. The summed E-state index contributed by atoms with van der Waals surface area (Å²) in [6.45, 7) is 8.14. The zero-order valence-corrected chi connectivity index (χ0v) is 20.6. The van der Waals surface area contributed by atoms with E-state index in [-0.39, 0.29) is 29.4 Å². The topological polar surface area (TPSA) is 94.8 Å². The van der Waals surface area contributed by atoms with Crippen molar-refractivity contribution in [2.45, 2.75) is 40.0 Å². The molecule has 0 unspecified atom stereocenters. The number of amides is 1. The average molecular weight is 516 g/mol. The Morgan fingerprint density at radius 1 is 1.15 bits per heavy atom. The van der Waals surface area contributed by atoms with Gasteiger partial charge in [-0.15, -0.1) is 0 Å². The number of fused-ring (bicyclic) bond motifs is 1. The Bertz CT molecular complexity index is 1250. The highest BCUT2D eigenvalue weighted by Gasteiger charge is 2.16. The number of hydrogen-bond acceptors (Lipinski definition) is 6. The van der Waals surface area contributed by atoms with E-state index in [4.69, 9.17) is 13.9 Å². The van der Waals surface area contributed by atoms with E-state index in [1.165, 1.54) is 12.1 Å². The Hall–Kier alpha value is -3.13. The molecule has 0 fully saturated rings. The van der Waals surface area contributed by atoms with Crippen LogP contribution in [0.25, 0.3) is 11.0 Å². The minimum absolute atomic E-state index is 0.0696. The zero-order valence-electron chi connectivity index (χ0n) is 19.0. The molecule has 0 radical (unpaired) electrons. The van der Waals surface area contributed by atoms with Crippen molar-refractivity contribution in [3.8, 4) is 11.5 Å².